The van der Waals surface area contributed by atoms with E-state index in [9.17, 15) is 43.2 Å². The summed E-state index contributed by atoms with van der Waals surface area (Å²) in [6, 6.07) is 0. The molecule has 0 aliphatic heterocycles. The number of unbranched alkanes of at least 4 members (excludes halogenated alkanes) is 18. The van der Waals surface area contributed by atoms with Gasteiger partial charge in [0.1, 0.15) is 19.3 Å². The molecule has 0 heterocycles. The zero-order valence-electron chi connectivity index (χ0n) is 60.7. The quantitative estimate of drug-likeness (QED) is 0.0169. The van der Waals surface area contributed by atoms with Gasteiger partial charge in [-0.25, -0.2) is 9.13 Å². The van der Waals surface area contributed by atoms with Gasteiger partial charge in [-0.15, -0.1) is 0 Å². The van der Waals surface area contributed by atoms with E-state index in [0.29, 0.717) is 32.1 Å². The lowest BCUT2D eigenvalue weighted by Gasteiger charge is -2.21. The number of carbonyl (C=O) groups is 4. The molecule has 3 N–H and O–H groups in total. The fourth-order valence-corrected chi connectivity index (χ4v) is 10.8. The van der Waals surface area contributed by atoms with Crippen LogP contribution in [0.4, 0.5) is 0 Å². The van der Waals surface area contributed by atoms with Crippen LogP contribution in [0, 0.1) is 0 Å². The van der Waals surface area contributed by atoms with Crippen LogP contribution in [0.1, 0.15) is 272 Å². The molecule has 558 valence electrons. The minimum atomic E-state index is -5.00. The third-order valence-electron chi connectivity index (χ3n) is 14.8. The van der Waals surface area contributed by atoms with Crippen LogP contribution in [0.2, 0.25) is 0 Å². The maximum absolute atomic E-state index is 13.1. The fraction of sp³-hybridized carbons (Fsp3) is 0.646. The average molecular weight is 1410 g/mol. The van der Waals surface area contributed by atoms with Crippen LogP contribution in [0.5, 0.6) is 0 Å². The van der Waals surface area contributed by atoms with E-state index in [0.717, 1.165) is 173 Å². The summed E-state index contributed by atoms with van der Waals surface area (Å²) < 4.78 is 68.3. The van der Waals surface area contributed by atoms with E-state index in [4.69, 9.17) is 37.0 Å². The Morgan fingerprint density at radius 3 is 0.847 bits per heavy atom. The van der Waals surface area contributed by atoms with Gasteiger partial charge in [-0.1, -0.05) is 238 Å². The highest BCUT2D eigenvalue weighted by molar-refractivity contribution is 7.47. The van der Waals surface area contributed by atoms with Crippen molar-refractivity contribution in [3.8, 4) is 0 Å². The lowest BCUT2D eigenvalue weighted by molar-refractivity contribution is -0.161. The number of hydrogen-bond acceptors (Lipinski definition) is 15. The maximum atomic E-state index is 13.1. The molecule has 0 aliphatic carbocycles. The van der Waals surface area contributed by atoms with Crippen molar-refractivity contribution in [3.05, 3.63) is 146 Å². The molecule has 0 aromatic rings. The van der Waals surface area contributed by atoms with Gasteiger partial charge in [-0.2, -0.15) is 0 Å². The van der Waals surface area contributed by atoms with Crippen molar-refractivity contribution in [2.24, 2.45) is 0 Å². The molecule has 5 atom stereocenters. The molecule has 5 unspecified atom stereocenters. The van der Waals surface area contributed by atoms with Crippen molar-refractivity contribution in [3.63, 3.8) is 0 Å². The fourth-order valence-electron chi connectivity index (χ4n) is 9.20. The summed E-state index contributed by atoms with van der Waals surface area (Å²) in [7, 11) is -9.98. The van der Waals surface area contributed by atoms with Gasteiger partial charge in [0.2, 0.25) is 0 Å². The van der Waals surface area contributed by atoms with Crippen molar-refractivity contribution < 1.29 is 80.2 Å². The van der Waals surface area contributed by atoms with Crippen LogP contribution >= 0.6 is 15.6 Å². The average Bonchev–Trinajstić information content (AvgIpc) is 0.986. The predicted octanol–water partition coefficient (Wildman–Crippen LogP) is 21.1. The molecule has 0 amide bonds. The molecule has 0 fully saturated rings. The van der Waals surface area contributed by atoms with Gasteiger partial charge in [0, 0.05) is 25.7 Å². The number of carbonyl (C=O) groups excluding carboxylic acids is 4. The summed E-state index contributed by atoms with van der Waals surface area (Å²) >= 11 is 0. The number of aliphatic hydroxyl groups is 1. The second-order valence-electron chi connectivity index (χ2n) is 24.1. The highest BCUT2D eigenvalue weighted by Crippen LogP contribution is 2.45. The summed E-state index contributed by atoms with van der Waals surface area (Å²) in [6.45, 7) is 4.36. The number of allylic oxidation sites excluding steroid dienone is 24. The topological polar surface area (TPSA) is 237 Å². The molecule has 0 radical (unpaired) electrons. The van der Waals surface area contributed by atoms with Crippen molar-refractivity contribution in [2.45, 2.75) is 290 Å². The van der Waals surface area contributed by atoms with Crippen molar-refractivity contribution in [1.29, 1.82) is 0 Å². The first-order chi connectivity index (χ1) is 47.7. The number of rotatable bonds is 68. The summed E-state index contributed by atoms with van der Waals surface area (Å²) in [4.78, 5) is 72.7. The Hall–Kier alpha value is -5.06. The number of esters is 4. The smallest absolute Gasteiger partial charge is 0.462 e. The van der Waals surface area contributed by atoms with E-state index in [1.54, 1.807) is 0 Å². The minimum Gasteiger partial charge on any atom is -0.462 e. The molecule has 0 aliphatic rings. The second kappa shape index (κ2) is 70.4. The number of phosphoric acid groups is 2. The first-order valence-corrected chi connectivity index (χ1v) is 40.1. The zero-order chi connectivity index (χ0) is 71.8. The third-order valence-corrected chi connectivity index (χ3v) is 16.7. The molecule has 98 heavy (non-hydrogen) atoms. The molecule has 0 saturated carbocycles. The molecule has 0 rings (SSSR count). The molecule has 0 aromatic carbocycles. The van der Waals surface area contributed by atoms with Crippen LogP contribution in [-0.4, -0.2) is 96.7 Å². The standard InChI is InChI=1S/C79H130O17P2/c1-5-9-13-17-21-25-29-32-35-36-39-41-45-48-52-56-60-64-77(82)90-70-75(96-79(84)66-62-58-54-50-46-42-38-34-31-27-23-19-15-11-7-3)72-94-98(87,88)92-68-73(80)67-91-97(85,86)93-71-74(95-78(83)65-61-57-53-49-43-28-24-20-16-12-8-4)69-89-76(81)63-59-55-51-47-44-40-37-33-30-26-22-18-14-10-6-2/h9-11,13-15,20-27,32-35,37-39,41,46,50,73-75,80H,5-8,12,16-19,28-31,36,40,42-45,47-49,51-72H2,1-4H3,(H,85,86)(H,87,88)/b13-9-,14-10-,15-11-,24-20-,25-21-,26-22-,27-23-,35-32-,37-33-,38-34-,41-39-,50-46-. The van der Waals surface area contributed by atoms with Gasteiger partial charge in [0.05, 0.1) is 26.4 Å². The van der Waals surface area contributed by atoms with Crippen LogP contribution < -0.4 is 0 Å². The number of aliphatic hydroxyl groups excluding tert-OH is 1. The first kappa shape index (κ1) is 92.9. The van der Waals surface area contributed by atoms with E-state index in [-0.39, 0.29) is 25.7 Å². The Kier molecular flexibility index (Phi) is 66.7. The Morgan fingerprint density at radius 2 is 0.531 bits per heavy atom. The van der Waals surface area contributed by atoms with Gasteiger partial charge >= 0.3 is 39.5 Å². The van der Waals surface area contributed by atoms with E-state index >= 15 is 0 Å². The third kappa shape index (κ3) is 69.4. The molecule has 0 saturated heterocycles. The number of hydrogen-bond donors (Lipinski definition) is 3. The van der Waals surface area contributed by atoms with Crippen LogP contribution in [-0.2, 0) is 65.4 Å². The lowest BCUT2D eigenvalue weighted by Crippen LogP contribution is -2.30. The zero-order valence-corrected chi connectivity index (χ0v) is 62.4. The van der Waals surface area contributed by atoms with Gasteiger partial charge in [-0.3, -0.25) is 37.3 Å². The molecule has 19 heteroatoms. The number of ether oxygens (including phenoxy) is 4. The first-order valence-electron chi connectivity index (χ1n) is 37.1. The van der Waals surface area contributed by atoms with Gasteiger partial charge < -0.3 is 33.8 Å². The van der Waals surface area contributed by atoms with Crippen LogP contribution in [0.25, 0.3) is 0 Å². The molecule has 0 bridgehead atoms. The van der Waals surface area contributed by atoms with E-state index in [1.807, 2.05) is 0 Å². The predicted molar refractivity (Wildman–Crippen MR) is 399 cm³/mol. The van der Waals surface area contributed by atoms with Crippen LogP contribution in [0.15, 0.2) is 146 Å². The Bertz CT molecular complexity index is 2430. The Balaban J connectivity index is 5.41. The molecular formula is C79H130O17P2. The largest absolute Gasteiger partial charge is 0.472 e. The van der Waals surface area contributed by atoms with Gasteiger partial charge in [0.15, 0.2) is 12.2 Å². The SMILES string of the molecule is CC/C=C\C/C=C\C/C=C\C/C=C\CCCCCCC(=O)OCC(COP(=O)(O)OCC(O)COP(=O)(O)OCC(COC(=O)CCCCCCC/C=C\C/C=C\C/C=C\CC)OC(=O)CCCCCCC/C=C\CCCC)OC(=O)CCCC/C=C\C/C=C\C/C=C\C/C=C\CC. The summed E-state index contributed by atoms with van der Waals surface area (Å²) in [5, 5.41) is 10.6. The Morgan fingerprint density at radius 1 is 0.296 bits per heavy atom. The van der Waals surface area contributed by atoms with E-state index in [1.165, 1.54) is 12.8 Å². The van der Waals surface area contributed by atoms with Crippen LogP contribution in [0.3, 0.4) is 0 Å². The maximum Gasteiger partial charge on any atom is 0.472 e. The molecule has 17 nitrogen and oxygen atoms in total. The summed E-state index contributed by atoms with van der Waals surface area (Å²) in [6.07, 6.45) is 78.5. The van der Waals surface area contributed by atoms with E-state index < -0.39 is 97.5 Å². The van der Waals surface area contributed by atoms with E-state index in [2.05, 4.69) is 174 Å². The normalized spacial score (nSPS) is 14.8. The highest BCUT2D eigenvalue weighted by atomic mass is 31.2. The van der Waals surface area contributed by atoms with Crippen molar-refractivity contribution >= 4 is 39.5 Å². The highest BCUT2D eigenvalue weighted by Gasteiger charge is 2.30. The summed E-state index contributed by atoms with van der Waals surface area (Å²) in [5.74, 6) is -2.29. The Labute approximate surface area is 592 Å². The van der Waals surface area contributed by atoms with Crippen molar-refractivity contribution in [2.75, 3.05) is 39.6 Å². The minimum absolute atomic E-state index is 0.0321. The molecule has 0 spiro atoms. The number of phosphoric ester groups is 2. The van der Waals surface area contributed by atoms with Gasteiger partial charge in [-0.05, 0) is 154 Å². The second-order valence-corrected chi connectivity index (χ2v) is 27.0. The van der Waals surface area contributed by atoms with Crippen molar-refractivity contribution in [1.82, 2.24) is 0 Å². The summed E-state index contributed by atoms with van der Waals surface area (Å²) in [5.41, 5.74) is 0. The lowest BCUT2D eigenvalue weighted by atomic mass is 10.1. The molecule has 0 aromatic heterocycles. The molecular weight excluding hydrogens is 1280 g/mol. The van der Waals surface area contributed by atoms with Gasteiger partial charge in [0.25, 0.3) is 0 Å². The monoisotopic (exact) mass is 1410 g/mol.